The number of aryl methyl sites for hydroxylation is 1. The van der Waals surface area contributed by atoms with Gasteiger partial charge in [-0.15, -0.1) is 10.2 Å². The van der Waals surface area contributed by atoms with E-state index in [-0.39, 0.29) is 11.8 Å². The highest BCUT2D eigenvalue weighted by Crippen LogP contribution is 2.59. The molecule has 0 spiro atoms. The molecular weight excluding hydrogens is 284 g/mol. The van der Waals surface area contributed by atoms with Crippen molar-refractivity contribution in [3.63, 3.8) is 0 Å². The molecule has 3 rings (SSSR count). The number of aliphatic carboxylic acids is 1. The Morgan fingerprint density at radius 2 is 1.91 bits per heavy atom. The molecule has 2 heterocycles. The standard InChI is InChI=1S/C15H22N4O3/c1-15(2)10(11(15)14(21)22)13(20)19-6-4-9(5-7-19)12-17-16-8-18(12)3/h8-11H,4-7H2,1-3H3,(H,21,22)/t10-,11+/m0/s1. The average molecular weight is 306 g/mol. The number of rotatable bonds is 3. The number of hydrogen-bond acceptors (Lipinski definition) is 4. The van der Waals surface area contributed by atoms with Crippen molar-refractivity contribution < 1.29 is 14.7 Å². The number of carboxylic acid groups (broad SMARTS) is 1. The number of aromatic nitrogens is 3. The third kappa shape index (κ3) is 2.28. The third-order valence-electron chi connectivity index (χ3n) is 5.28. The van der Waals surface area contributed by atoms with Crippen LogP contribution in [0.2, 0.25) is 0 Å². The summed E-state index contributed by atoms with van der Waals surface area (Å²) in [4.78, 5) is 25.6. The average Bonchev–Trinajstić information content (AvgIpc) is 2.81. The summed E-state index contributed by atoms with van der Waals surface area (Å²) >= 11 is 0. The van der Waals surface area contributed by atoms with Gasteiger partial charge in [0.25, 0.3) is 0 Å². The number of carbonyl (C=O) groups is 2. The van der Waals surface area contributed by atoms with Gasteiger partial charge >= 0.3 is 5.97 Å². The summed E-state index contributed by atoms with van der Waals surface area (Å²) in [6.07, 6.45) is 3.39. The highest BCUT2D eigenvalue weighted by atomic mass is 16.4. The number of nitrogens with zero attached hydrogens (tertiary/aromatic N) is 4. The van der Waals surface area contributed by atoms with Gasteiger partial charge in [-0.05, 0) is 18.3 Å². The van der Waals surface area contributed by atoms with Crippen LogP contribution in [-0.2, 0) is 16.6 Å². The zero-order valence-electron chi connectivity index (χ0n) is 13.2. The minimum absolute atomic E-state index is 0.00573. The van der Waals surface area contributed by atoms with Crippen LogP contribution >= 0.6 is 0 Å². The minimum atomic E-state index is -0.864. The molecule has 2 aliphatic rings. The Bertz CT molecular complexity index is 602. The third-order valence-corrected chi connectivity index (χ3v) is 5.28. The summed E-state index contributed by atoms with van der Waals surface area (Å²) in [5.41, 5.74) is -0.427. The zero-order chi connectivity index (χ0) is 16.1. The van der Waals surface area contributed by atoms with Gasteiger partial charge in [-0.1, -0.05) is 13.8 Å². The predicted octanol–water partition coefficient (Wildman–Crippen LogP) is 0.878. The number of likely N-dealkylation sites (tertiary alicyclic amines) is 1. The maximum Gasteiger partial charge on any atom is 0.307 e. The van der Waals surface area contributed by atoms with Gasteiger partial charge in [0.15, 0.2) is 0 Å². The van der Waals surface area contributed by atoms with Gasteiger partial charge in [-0.25, -0.2) is 0 Å². The van der Waals surface area contributed by atoms with E-state index in [2.05, 4.69) is 10.2 Å². The van der Waals surface area contributed by atoms with E-state index in [1.54, 1.807) is 6.33 Å². The summed E-state index contributed by atoms with van der Waals surface area (Å²) in [5.74, 6) is -0.514. The highest BCUT2D eigenvalue weighted by molar-refractivity contribution is 5.91. The summed E-state index contributed by atoms with van der Waals surface area (Å²) in [6, 6.07) is 0. The molecule has 2 atom stereocenters. The Balaban J connectivity index is 1.62. The minimum Gasteiger partial charge on any atom is -0.481 e. The molecule has 1 aliphatic carbocycles. The first-order chi connectivity index (χ1) is 10.3. The van der Waals surface area contributed by atoms with Gasteiger partial charge in [0.05, 0.1) is 11.8 Å². The first-order valence-corrected chi connectivity index (χ1v) is 7.69. The van der Waals surface area contributed by atoms with E-state index in [1.807, 2.05) is 30.4 Å². The van der Waals surface area contributed by atoms with Crippen molar-refractivity contribution in [1.29, 1.82) is 0 Å². The topological polar surface area (TPSA) is 88.3 Å². The number of piperidine rings is 1. The van der Waals surface area contributed by atoms with Crippen molar-refractivity contribution >= 4 is 11.9 Å². The quantitative estimate of drug-likeness (QED) is 0.895. The number of carbonyl (C=O) groups excluding carboxylic acids is 1. The molecule has 2 fully saturated rings. The lowest BCUT2D eigenvalue weighted by Crippen LogP contribution is -2.40. The second-order valence-corrected chi connectivity index (χ2v) is 7.01. The maximum atomic E-state index is 12.6. The fourth-order valence-corrected chi connectivity index (χ4v) is 3.78. The van der Waals surface area contributed by atoms with E-state index in [0.29, 0.717) is 19.0 Å². The fourth-order valence-electron chi connectivity index (χ4n) is 3.78. The van der Waals surface area contributed by atoms with Crippen molar-refractivity contribution in [1.82, 2.24) is 19.7 Å². The molecule has 1 aromatic rings. The van der Waals surface area contributed by atoms with E-state index < -0.39 is 17.3 Å². The first kappa shape index (κ1) is 15.0. The van der Waals surface area contributed by atoms with Gasteiger partial charge in [-0.3, -0.25) is 9.59 Å². The molecule has 0 bridgehead atoms. The van der Waals surface area contributed by atoms with Gasteiger partial charge < -0.3 is 14.6 Å². The predicted molar refractivity (Wildman–Crippen MR) is 78.0 cm³/mol. The second kappa shape index (κ2) is 5.07. The van der Waals surface area contributed by atoms with Crippen LogP contribution in [0.5, 0.6) is 0 Å². The molecular formula is C15H22N4O3. The molecule has 1 aliphatic heterocycles. The second-order valence-electron chi connectivity index (χ2n) is 7.01. The molecule has 0 unspecified atom stereocenters. The Hall–Kier alpha value is -1.92. The Morgan fingerprint density at radius 1 is 1.27 bits per heavy atom. The monoisotopic (exact) mass is 306 g/mol. The van der Waals surface area contributed by atoms with Gasteiger partial charge in [-0.2, -0.15) is 0 Å². The maximum absolute atomic E-state index is 12.6. The van der Waals surface area contributed by atoms with Crippen molar-refractivity contribution in [2.24, 2.45) is 24.3 Å². The summed E-state index contributed by atoms with van der Waals surface area (Å²) in [5, 5.41) is 17.3. The molecule has 7 nitrogen and oxygen atoms in total. The summed E-state index contributed by atoms with van der Waals surface area (Å²) in [7, 11) is 1.93. The van der Waals surface area contributed by atoms with E-state index in [9.17, 15) is 14.7 Å². The molecule has 7 heteroatoms. The molecule has 1 amide bonds. The van der Waals surface area contributed by atoms with Crippen LogP contribution < -0.4 is 0 Å². The lowest BCUT2D eigenvalue weighted by atomic mass is 9.95. The lowest BCUT2D eigenvalue weighted by Gasteiger charge is -2.32. The molecule has 1 N–H and O–H groups in total. The SMILES string of the molecule is Cn1cnnc1C1CCN(C(=O)[C@@H]2[C@H](C(=O)O)C2(C)C)CC1. The summed E-state index contributed by atoms with van der Waals surface area (Å²) < 4.78 is 1.92. The molecule has 1 saturated carbocycles. The van der Waals surface area contributed by atoms with Gasteiger partial charge in [0, 0.05) is 26.1 Å². The lowest BCUT2D eigenvalue weighted by molar-refractivity contribution is -0.142. The van der Waals surface area contributed by atoms with E-state index in [1.165, 1.54) is 0 Å². The van der Waals surface area contributed by atoms with E-state index >= 15 is 0 Å². The van der Waals surface area contributed by atoms with Crippen molar-refractivity contribution in [3.8, 4) is 0 Å². The van der Waals surface area contributed by atoms with Crippen LogP contribution in [0.3, 0.4) is 0 Å². The number of hydrogen-bond donors (Lipinski definition) is 1. The molecule has 1 saturated heterocycles. The Labute approximate surface area is 129 Å². The Morgan fingerprint density at radius 3 is 2.36 bits per heavy atom. The van der Waals surface area contributed by atoms with Gasteiger partial charge in [0.2, 0.25) is 5.91 Å². The van der Waals surface area contributed by atoms with Crippen molar-refractivity contribution in [2.75, 3.05) is 13.1 Å². The highest BCUT2D eigenvalue weighted by Gasteiger charge is 2.66. The molecule has 120 valence electrons. The van der Waals surface area contributed by atoms with Crippen LogP contribution in [0.1, 0.15) is 38.4 Å². The smallest absolute Gasteiger partial charge is 0.307 e. The molecule has 1 aromatic heterocycles. The van der Waals surface area contributed by atoms with Gasteiger partial charge in [0.1, 0.15) is 12.2 Å². The van der Waals surface area contributed by atoms with Crippen LogP contribution in [0.4, 0.5) is 0 Å². The largest absolute Gasteiger partial charge is 0.481 e. The number of carboxylic acids is 1. The molecule has 0 aromatic carbocycles. The van der Waals surface area contributed by atoms with E-state index in [4.69, 9.17) is 0 Å². The molecule has 22 heavy (non-hydrogen) atoms. The fraction of sp³-hybridized carbons (Fsp3) is 0.733. The van der Waals surface area contributed by atoms with Crippen LogP contribution in [0.25, 0.3) is 0 Å². The Kier molecular flexibility index (Phi) is 3.45. The first-order valence-electron chi connectivity index (χ1n) is 7.69. The van der Waals surface area contributed by atoms with Crippen LogP contribution in [-0.4, -0.2) is 49.7 Å². The molecule has 0 radical (unpaired) electrons. The normalized spacial score (nSPS) is 27.7. The van der Waals surface area contributed by atoms with Crippen LogP contribution in [0.15, 0.2) is 6.33 Å². The van der Waals surface area contributed by atoms with E-state index in [0.717, 1.165) is 18.7 Å². The van der Waals surface area contributed by atoms with Crippen molar-refractivity contribution in [3.05, 3.63) is 12.2 Å². The van der Waals surface area contributed by atoms with Crippen molar-refractivity contribution in [2.45, 2.75) is 32.6 Å². The summed E-state index contributed by atoms with van der Waals surface area (Å²) in [6.45, 7) is 5.05. The number of amides is 1. The zero-order valence-corrected chi connectivity index (χ0v) is 13.2. The van der Waals surface area contributed by atoms with Crippen LogP contribution in [0, 0.1) is 17.3 Å².